The van der Waals surface area contributed by atoms with Gasteiger partial charge in [-0.3, -0.25) is 9.78 Å². The first-order valence-electron chi connectivity index (χ1n) is 9.52. The summed E-state index contributed by atoms with van der Waals surface area (Å²) < 4.78 is 7.67. The predicted molar refractivity (Wildman–Crippen MR) is 116 cm³/mol. The Morgan fingerprint density at radius 3 is 2.77 bits per heavy atom. The average Bonchev–Trinajstić information content (AvgIpc) is 3.06. The minimum Gasteiger partial charge on any atom is -0.481 e. The van der Waals surface area contributed by atoms with Gasteiger partial charge in [0.15, 0.2) is 6.61 Å². The van der Waals surface area contributed by atoms with E-state index in [9.17, 15) is 4.79 Å². The fraction of sp³-hybridized carbons (Fsp3) is 0.130. The molecule has 0 aliphatic rings. The number of carbonyl (C=O) groups excluding carboxylic acids is 1. The van der Waals surface area contributed by atoms with Gasteiger partial charge in [0.05, 0.1) is 6.21 Å². The molecular formula is C23H21N5O2. The van der Waals surface area contributed by atoms with Gasteiger partial charge in [0.2, 0.25) is 0 Å². The number of fused-ring (bicyclic) bond motifs is 1. The molecule has 150 valence electrons. The number of aryl methyl sites for hydroxylation is 1. The summed E-state index contributed by atoms with van der Waals surface area (Å²) in [6.45, 7) is 3.84. The van der Waals surface area contributed by atoms with Crippen LogP contribution in [0.4, 0.5) is 0 Å². The topological polar surface area (TPSA) is 81.4 Å². The van der Waals surface area contributed by atoms with Gasteiger partial charge in [0, 0.05) is 34.7 Å². The highest BCUT2D eigenvalue weighted by Crippen LogP contribution is 2.22. The van der Waals surface area contributed by atoms with E-state index in [1.54, 1.807) is 24.7 Å². The van der Waals surface area contributed by atoms with Crippen LogP contribution in [0.1, 0.15) is 17.0 Å². The molecule has 0 aliphatic carbocycles. The zero-order chi connectivity index (χ0) is 20.9. The van der Waals surface area contributed by atoms with E-state index in [0.29, 0.717) is 5.75 Å². The van der Waals surface area contributed by atoms with Gasteiger partial charge >= 0.3 is 0 Å². The first-order valence-corrected chi connectivity index (χ1v) is 9.52. The van der Waals surface area contributed by atoms with Crippen molar-refractivity contribution in [3.63, 3.8) is 0 Å². The number of hydrazone groups is 1. The summed E-state index contributed by atoms with van der Waals surface area (Å²) in [4.78, 5) is 20.8. The van der Waals surface area contributed by atoms with E-state index in [-0.39, 0.29) is 12.5 Å². The van der Waals surface area contributed by atoms with Crippen molar-refractivity contribution in [3.8, 4) is 11.6 Å². The summed E-state index contributed by atoms with van der Waals surface area (Å²) in [5.41, 5.74) is 6.15. The molecule has 1 N–H and O–H groups in total. The van der Waals surface area contributed by atoms with Crippen LogP contribution >= 0.6 is 0 Å². The number of aromatic nitrogens is 3. The Bertz CT molecular complexity index is 1210. The molecule has 0 bridgehead atoms. The van der Waals surface area contributed by atoms with Gasteiger partial charge in [-0.05, 0) is 44.2 Å². The van der Waals surface area contributed by atoms with Gasteiger partial charge < -0.3 is 9.30 Å². The number of pyridine rings is 2. The quantitative estimate of drug-likeness (QED) is 0.397. The van der Waals surface area contributed by atoms with Gasteiger partial charge in [0.25, 0.3) is 5.91 Å². The molecular weight excluding hydrogens is 378 g/mol. The summed E-state index contributed by atoms with van der Waals surface area (Å²) in [6.07, 6.45) is 5.08. The van der Waals surface area contributed by atoms with Crippen LogP contribution in [0.25, 0.3) is 16.7 Å². The van der Waals surface area contributed by atoms with E-state index < -0.39 is 0 Å². The molecule has 30 heavy (non-hydrogen) atoms. The lowest BCUT2D eigenvalue weighted by atomic mass is 10.2. The Balaban J connectivity index is 1.40. The van der Waals surface area contributed by atoms with Crippen LogP contribution in [0.3, 0.4) is 0 Å². The van der Waals surface area contributed by atoms with Crippen LogP contribution in [0.15, 0.2) is 72.1 Å². The summed E-state index contributed by atoms with van der Waals surface area (Å²) in [7, 11) is 0. The molecule has 0 atom stereocenters. The third-order valence-corrected chi connectivity index (χ3v) is 4.70. The Kier molecular flexibility index (Phi) is 5.52. The first-order chi connectivity index (χ1) is 14.6. The van der Waals surface area contributed by atoms with Gasteiger partial charge in [0.1, 0.15) is 17.1 Å². The van der Waals surface area contributed by atoms with E-state index >= 15 is 0 Å². The highest BCUT2D eigenvalue weighted by molar-refractivity contribution is 5.86. The summed E-state index contributed by atoms with van der Waals surface area (Å²) in [6, 6.07) is 17.2. The van der Waals surface area contributed by atoms with Crippen LogP contribution in [0.5, 0.6) is 5.75 Å². The van der Waals surface area contributed by atoms with Crippen LogP contribution in [0, 0.1) is 13.8 Å². The lowest BCUT2D eigenvalue weighted by molar-refractivity contribution is -0.123. The Morgan fingerprint density at radius 2 is 1.93 bits per heavy atom. The molecule has 0 aliphatic heterocycles. The Morgan fingerprint density at radius 1 is 1.10 bits per heavy atom. The largest absolute Gasteiger partial charge is 0.481 e. The molecule has 3 aromatic heterocycles. The molecule has 0 saturated heterocycles. The number of ether oxygens (including phenoxy) is 1. The zero-order valence-corrected chi connectivity index (χ0v) is 16.7. The van der Waals surface area contributed by atoms with Crippen LogP contribution < -0.4 is 10.2 Å². The molecule has 4 aromatic rings. The number of amides is 1. The van der Waals surface area contributed by atoms with Crippen molar-refractivity contribution in [3.05, 3.63) is 83.9 Å². The third-order valence-electron chi connectivity index (χ3n) is 4.70. The van der Waals surface area contributed by atoms with Crippen LogP contribution in [-0.2, 0) is 4.79 Å². The first kappa shape index (κ1) is 19.3. The second kappa shape index (κ2) is 8.57. The van der Waals surface area contributed by atoms with Crippen molar-refractivity contribution in [2.24, 2.45) is 5.10 Å². The van der Waals surface area contributed by atoms with Crippen LogP contribution in [-0.4, -0.2) is 33.3 Å². The van der Waals surface area contributed by atoms with E-state index in [1.165, 1.54) is 0 Å². The van der Waals surface area contributed by atoms with Crippen molar-refractivity contribution in [2.45, 2.75) is 13.8 Å². The number of rotatable bonds is 6. The molecule has 0 saturated carbocycles. The number of carbonyl (C=O) groups is 1. The van der Waals surface area contributed by atoms with Crippen molar-refractivity contribution >= 4 is 23.0 Å². The molecule has 0 fully saturated rings. The number of nitrogens with zero attached hydrogens (tertiary/aromatic N) is 4. The number of benzene rings is 1. The third kappa shape index (κ3) is 4.05. The highest BCUT2D eigenvalue weighted by Gasteiger charge is 2.10. The minimum atomic E-state index is -0.349. The number of hydrogen-bond acceptors (Lipinski definition) is 5. The smallest absolute Gasteiger partial charge is 0.277 e. The monoisotopic (exact) mass is 399 g/mol. The van der Waals surface area contributed by atoms with Gasteiger partial charge in [-0.2, -0.15) is 5.10 Å². The van der Waals surface area contributed by atoms with Gasteiger partial charge in [-0.15, -0.1) is 0 Å². The maximum absolute atomic E-state index is 12.1. The van der Waals surface area contributed by atoms with E-state index in [2.05, 4.69) is 20.5 Å². The fourth-order valence-corrected chi connectivity index (χ4v) is 3.30. The standard InChI is InChI=1S/C23H21N5O2/c1-16-13-19(17(2)28(16)21-10-3-4-11-24-21)14-26-27-22(29)15-30-20-9-5-7-18-8-6-12-25-23(18)20/h3-14H,15H2,1-2H3,(H,27,29)/b26-14-. The second-order valence-electron chi connectivity index (χ2n) is 6.76. The molecule has 3 heterocycles. The fourth-order valence-electron chi connectivity index (χ4n) is 3.30. The summed E-state index contributed by atoms with van der Waals surface area (Å²) in [5.74, 6) is 1.05. The van der Waals surface area contributed by atoms with Gasteiger partial charge in [-0.25, -0.2) is 10.4 Å². The number of nitrogens with one attached hydrogen (secondary N) is 1. The molecule has 0 spiro atoms. The normalized spacial score (nSPS) is 11.1. The SMILES string of the molecule is Cc1cc(/C=N\NC(=O)COc2cccc3cccnc23)c(C)n1-c1ccccn1. The molecule has 7 heteroatoms. The predicted octanol–water partition coefficient (Wildman–Crippen LogP) is 3.57. The lowest BCUT2D eigenvalue weighted by Crippen LogP contribution is -2.24. The molecule has 7 nitrogen and oxygen atoms in total. The van der Waals surface area contributed by atoms with Crippen molar-refractivity contribution in [1.29, 1.82) is 0 Å². The van der Waals surface area contributed by atoms with Crippen molar-refractivity contribution < 1.29 is 9.53 Å². The van der Waals surface area contributed by atoms with E-state index in [1.807, 2.05) is 66.9 Å². The van der Waals surface area contributed by atoms with Crippen molar-refractivity contribution in [2.75, 3.05) is 6.61 Å². The average molecular weight is 399 g/mol. The number of hydrogen-bond donors (Lipinski definition) is 1. The van der Waals surface area contributed by atoms with E-state index in [0.717, 1.165) is 33.7 Å². The molecule has 0 unspecified atom stereocenters. The number of para-hydroxylation sites is 1. The minimum absolute atomic E-state index is 0.153. The second-order valence-corrected chi connectivity index (χ2v) is 6.76. The maximum atomic E-state index is 12.1. The Hall–Kier alpha value is -4.00. The summed E-state index contributed by atoms with van der Waals surface area (Å²) in [5, 5.41) is 5.03. The Labute approximate surface area is 174 Å². The van der Waals surface area contributed by atoms with Crippen molar-refractivity contribution in [1.82, 2.24) is 20.0 Å². The lowest BCUT2D eigenvalue weighted by Gasteiger charge is -2.08. The van der Waals surface area contributed by atoms with E-state index in [4.69, 9.17) is 4.74 Å². The zero-order valence-electron chi connectivity index (χ0n) is 16.7. The molecule has 1 amide bonds. The molecule has 1 aromatic carbocycles. The van der Waals surface area contributed by atoms with Crippen LogP contribution in [0.2, 0.25) is 0 Å². The summed E-state index contributed by atoms with van der Waals surface area (Å²) >= 11 is 0. The molecule has 4 rings (SSSR count). The maximum Gasteiger partial charge on any atom is 0.277 e. The molecule has 0 radical (unpaired) electrons. The highest BCUT2D eigenvalue weighted by atomic mass is 16.5. The van der Waals surface area contributed by atoms with Gasteiger partial charge in [-0.1, -0.05) is 24.3 Å².